The van der Waals surface area contributed by atoms with Crippen LogP contribution in [0.25, 0.3) is 10.9 Å². The average Bonchev–Trinajstić information content (AvgIpc) is 3.52. The molecule has 1 saturated carbocycles. The first kappa shape index (κ1) is 44.2. The molecule has 3 atom stereocenters. The van der Waals surface area contributed by atoms with Crippen LogP contribution in [0, 0.1) is 0 Å². The minimum absolute atomic E-state index is 0.0399. The molecule has 342 valence electrons. The number of likely N-dealkylation sites (N-methyl/N-ethyl adjacent to an activating group) is 1. The number of piperidine rings is 3. The molecular formula is C46H51ClFN9O8. The van der Waals surface area contributed by atoms with E-state index in [1.165, 1.54) is 7.05 Å². The van der Waals surface area contributed by atoms with Crippen LogP contribution in [0.1, 0.15) is 97.0 Å². The largest absolute Gasteiger partial charge is 0.478 e. The highest BCUT2D eigenvalue weighted by molar-refractivity contribution is 6.33. The van der Waals surface area contributed by atoms with Gasteiger partial charge in [0.15, 0.2) is 18.2 Å². The Balaban J connectivity index is 0.755. The van der Waals surface area contributed by atoms with E-state index >= 15 is 4.39 Å². The molecule has 6 heterocycles. The fourth-order valence-electron chi connectivity index (χ4n) is 9.73. The standard InChI is InChI=1S/C46H51ClFN9O8/c1-24(2)56-36-7-5-27(16-26(36)18-38(45(56)63)64-23-40(59)49-3)51-41-34(47)21-50-46(53-41)54-13-10-29(11-14-54)65-30-19-28(20-30)55-15-12-31(35(48)22-55)25-4-6-32-33(17-25)44(62)57(43(32)61)37-8-9-39(58)52-42(37)60/h4-7,16-18,21,24,28-31,35,37H,8-15,19-20,22-23H2,1-3H3,(H,49,59)(H,50,51,53)(H,52,58,60)/t28?,30?,31-,35+,37?/m1/s1. The number of ether oxygens (including phenoxy) is 2. The Hall–Kier alpha value is -5.98. The highest BCUT2D eigenvalue weighted by Crippen LogP contribution is 2.39. The van der Waals surface area contributed by atoms with Crippen molar-refractivity contribution in [1.29, 1.82) is 0 Å². The van der Waals surface area contributed by atoms with Gasteiger partial charge < -0.3 is 29.6 Å². The molecule has 3 N–H and O–H groups in total. The molecule has 4 fully saturated rings. The van der Waals surface area contributed by atoms with E-state index in [0.717, 1.165) is 36.0 Å². The van der Waals surface area contributed by atoms with Gasteiger partial charge in [-0.2, -0.15) is 4.98 Å². The zero-order valence-electron chi connectivity index (χ0n) is 36.4. The summed E-state index contributed by atoms with van der Waals surface area (Å²) in [4.78, 5) is 90.2. The molecule has 2 aromatic carbocycles. The highest BCUT2D eigenvalue weighted by Gasteiger charge is 2.46. The van der Waals surface area contributed by atoms with Crippen LogP contribution >= 0.6 is 11.6 Å². The van der Waals surface area contributed by atoms with Gasteiger partial charge in [-0.05, 0) is 101 Å². The van der Waals surface area contributed by atoms with E-state index in [1.807, 2.05) is 32.0 Å². The van der Waals surface area contributed by atoms with Gasteiger partial charge in [0.1, 0.15) is 17.2 Å². The van der Waals surface area contributed by atoms with Crippen molar-refractivity contribution >= 4 is 69.5 Å². The molecular weight excluding hydrogens is 861 g/mol. The fourth-order valence-corrected chi connectivity index (χ4v) is 9.87. The SMILES string of the molecule is CNC(=O)COc1cc2cc(Nc3nc(N4CCC(OC5CC(N6CC[C@H](c7ccc8c(c7)C(=O)N(C7CCC(=O)NC7=O)C8=O)[C@@H](F)C6)C5)CC4)ncc3Cl)ccc2n(C(C)C)c1=O. The number of carbonyl (C=O) groups excluding carboxylic acids is 5. The Morgan fingerprint density at radius 3 is 2.45 bits per heavy atom. The van der Waals surface area contributed by atoms with Crippen molar-refractivity contribution in [2.75, 3.05) is 50.1 Å². The third-order valence-corrected chi connectivity index (χ3v) is 13.6. The number of hydrogen-bond acceptors (Lipinski definition) is 13. The quantitative estimate of drug-likeness (QED) is 0.167. The average molecular weight is 912 g/mol. The van der Waals surface area contributed by atoms with Gasteiger partial charge in [0, 0.05) is 62.2 Å². The monoisotopic (exact) mass is 911 g/mol. The Labute approximate surface area is 379 Å². The number of pyridine rings is 1. The first-order valence-electron chi connectivity index (χ1n) is 22.2. The molecule has 3 saturated heterocycles. The molecule has 5 amide bonds. The van der Waals surface area contributed by atoms with Crippen LogP contribution in [0.15, 0.2) is 53.5 Å². The zero-order valence-corrected chi connectivity index (χ0v) is 37.1. The zero-order chi connectivity index (χ0) is 45.7. The topological polar surface area (TPSA) is 197 Å². The van der Waals surface area contributed by atoms with Gasteiger partial charge in [-0.1, -0.05) is 17.7 Å². The van der Waals surface area contributed by atoms with E-state index in [2.05, 4.69) is 30.7 Å². The van der Waals surface area contributed by atoms with Gasteiger partial charge >= 0.3 is 0 Å². The first-order chi connectivity index (χ1) is 31.3. The van der Waals surface area contributed by atoms with Crippen molar-refractivity contribution in [3.8, 4) is 5.75 Å². The van der Waals surface area contributed by atoms with Crippen LogP contribution in [-0.4, -0.2) is 124 Å². The summed E-state index contributed by atoms with van der Waals surface area (Å²) in [5.41, 5.74) is 2.09. The number of likely N-dealkylation sites (tertiary alicyclic amines) is 1. The van der Waals surface area contributed by atoms with Crippen molar-refractivity contribution < 1.29 is 37.8 Å². The van der Waals surface area contributed by atoms with E-state index < -0.39 is 41.8 Å². The normalized spacial score (nSPS) is 24.0. The number of imide groups is 2. The lowest BCUT2D eigenvalue weighted by Crippen LogP contribution is -2.54. The summed E-state index contributed by atoms with van der Waals surface area (Å²) in [6.45, 7) is 5.88. The van der Waals surface area contributed by atoms with Crippen LogP contribution in [0.5, 0.6) is 5.75 Å². The van der Waals surface area contributed by atoms with Crippen LogP contribution in [-0.2, 0) is 19.1 Å². The second kappa shape index (κ2) is 18.1. The van der Waals surface area contributed by atoms with Crippen LogP contribution in [0.2, 0.25) is 5.02 Å². The van der Waals surface area contributed by atoms with E-state index in [0.29, 0.717) is 59.6 Å². The molecule has 19 heteroatoms. The predicted octanol–water partition coefficient (Wildman–Crippen LogP) is 4.64. The fraction of sp³-hybridized carbons (Fsp3) is 0.478. The maximum absolute atomic E-state index is 15.9. The lowest BCUT2D eigenvalue weighted by Gasteiger charge is -2.47. The number of amides is 5. The third kappa shape index (κ3) is 8.78. The number of rotatable bonds is 12. The summed E-state index contributed by atoms with van der Waals surface area (Å²) in [5, 5.41) is 9.08. The van der Waals surface area contributed by atoms with Crippen molar-refractivity contribution in [1.82, 2.24) is 35.0 Å². The number of nitrogens with zero attached hydrogens (tertiary/aromatic N) is 6. The van der Waals surface area contributed by atoms with E-state index in [-0.39, 0.29) is 78.6 Å². The molecule has 1 aliphatic carbocycles. The van der Waals surface area contributed by atoms with E-state index in [9.17, 15) is 28.8 Å². The van der Waals surface area contributed by atoms with E-state index in [4.69, 9.17) is 26.1 Å². The van der Waals surface area contributed by atoms with Gasteiger partial charge in [-0.25, -0.2) is 9.37 Å². The third-order valence-electron chi connectivity index (χ3n) is 13.3. The van der Waals surface area contributed by atoms with Gasteiger partial charge in [0.25, 0.3) is 23.3 Å². The van der Waals surface area contributed by atoms with Crippen molar-refractivity contribution in [2.24, 2.45) is 0 Å². The first-order valence-corrected chi connectivity index (χ1v) is 22.6. The number of alkyl halides is 1. The number of aromatic nitrogens is 3. The number of carbonyl (C=O) groups is 5. The summed E-state index contributed by atoms with van der Waals surface area (Å²) in [7, 11) is 1.50. The summed E-state index contributed by atoms with van der Waals surface area (Å²) in [6, 6.07) is 11.1. The van der Waals surface area contributed by atoms with Gasteiger partial charge in [-0.3, -0.25) is 43.9 Å². The minimum atomic E-state index is -1.16. The molecule has 0 bridgehead atoms. The molecule has 9 rings (SSSR count). The summed E-state index contributed by atoms with van der Waals surface area (Å²) in [6.07, 6.45) is 4.50. The van der Waals surface area contributed by atoms with Gasteiger partial charge in [0.2, 0.25) is 17.8 Å². The second-order valence-electron chi connectivity index (χ2n) is 17.7. The Morgan fingerprint density at radius 1 is 0.954 bits per heavy atom. The van der Waals surface area contributed by atoms with E-state index in [1.54, 1.807) is 35.0 Å². The van der Waals surface area contributed by atoms with Crippen LogP contribution < -0.4 is 31.1 Å². The molecule has 4 aromatic rings. The van der Waals surface area contributed by atoms with Gasteiger partial charge in [-0.15, -0.1) is 0 Å². The number of halogens is 2. The Kier molecular flexibility index (Phi) is 12.3. The molecule has 65 heavy (non-hydrogen) atoms. The maximum Gasteiger partial charge on any atom is 0.293 e. The number of anilines is 3. The summed E-state index contributed by atoms with van der Waals surface area (Å²) < 4.78 is 29.7. The maximum atomic E-state index is 15.9. The molecule has 2 aromatic heterocycles. The Bertz CT molecular complexity index is 2630. The molecule has 0 spiro atoms. The molecule has 17 nitrogen and oxygen atoms in total. The number of benzene rings is 2. The predicted molar refractivity (Wildman–Crippen MR) is 239 cm³/mol. The van der Waals surface area contributed by atoms with Crippen LogP contribution in [0.4, 0.5) is 21.8 Å². The summed E-state index contributed by atoms with van der Waals surface area (Å²) >= 11 is 6.58. The lowest BCUT2D eigenvalue weighted by atomic mass is 9.82. The highest BCUT2D eigenvalue weighted by atomic mass is 35.5. The number of fused-ring (bicyclic) bond motifs is 2. The van der Waals surface area contributed by atoms with Crippen molar-refractivity contribution in [3.63, 3.8) is 0 Å². The minimum Gasteiger partial charge on any atom is -0.478 e. The van der Waals surface area contributed by atoms with Gasteiger partial charge in [0.05, 0.1) is 35.0 Å². The van der Waals surface area contributed by atoms with Crippen LogP contribution in [0.3, 0.4) is 0 Å². The number of hydrogen-bond donors (Lipinski definition) is 3. The molecule has 5 aliphatic rings. The summed E-state index contributed by atoms with van der Waals surface area (Å²) in [5.74, 6) is -2.00. The second-order valence-corrected chi connectivity index (χ2v) is 18.1. The Morgan fingerprint density at radius 2 is 1.72 bits per heavy atom. The smallest absolute Gasteiger partial charge is 0.293 e. The lowest BCUT2D eigenvalue weighted by molar-refractivity contribution is -0.136. The molecule has 1 unspecified atom stereocenters. The van der Waals surface area contributed by atoms with Crippen molar-refractivity contribution in [2.45, 2.75) is 101 Å². The molecule has 4 aliphatic heterocycles. The van der Waals surface area contributed by atoms with Crippen molar-refractivity contribution in [3.05, 3.63) is 80.7 Å². The number of nitrogens with one attached hydrogen (secondary N) is 3. The molecule has 0 radical (unpaired) electrons.